The molecule has 0 aliphatic carbocycles. The topological polar surface area (TPSA) is 32.3 Å². The molecule has 0 saturated carbocycles. The predicted octanol–water partition coefficient (Wildman–Crippen LogP) is 3.29. The quantitative estimate of drug-likeness (QED) is 0.482. The molecule has 0 heterocycles. The lowest BCUT2D eigenvalue weighted by Crippen LogP contribution is -2.39. The summed E-state index contributed by atoms with van der Waals surface area (Å²) in [6.07, 6.45) is 0. The first-order valence-electron chi connectivity index (χ1n) is 9.47. The molecule has 0 aromatic heterocycles. The summed E-state index contributed by atoms with van der Waals surface area (Å²) >= 11 is 0. The van der Waals surface area contributed by atoms with Crippen molar-refractivity contribution < 1.29 is 9.84 Å². The van der Waals surface area contributed by atoms with E-state index in [2.05, 4.69) is 109 Å². The Morgan fingerprint density at radius 2 is 0.862 bits per heavy atom. The fraction of sp³-hybridized carbons (Fsp3) is 0.0769. The van der Waals surface area contributed by atoms with Crippen LogP contribution in [-0.4, -0.2) is 14.2 Å². The van der Waals surface area contributed by atoms with Crippen LogP contribution in [0.1, 0.15) is 0 Å². The standard InChI is InChI=1S/C25H22OP.CH3O/c1-26-24-19-11-12-20-25(24)27(21-13-5-2-6-14-21,22-15-7-3-8-16-22)23-17-9-4-10-18-23;1-2/h2-20H,1H3;1H3/q+1;-1. The molecule has 146 valence electrons. The van der Waals surface area contributed by atoms with Gasteiger partial charge in [0.2, 0.25) is 0 Å². The van der Waals surface area contributed by atoms with Gasteiger partial charge in [-0.3, -0.25) is 0 Å². The third-order valence-electron chi connectivity index (χ3n) is 4.88. The van der Waals surface area contributed by atoms with E-state index in [1.807, 2.05) is 6.07 Å². The number of para-hydroxylation sites is 1. The van der Waals surface area contributed by atoms with E-state index in [9.17, 15) is 0 Å². The van der Waals surface area contributed by atoms with Crippen LogP contribution in [-0.2, 0) is 0 Å². The molecule has 0 amide bonds. The van der Waals surface area contributed by atoms with Crippen molar-refractivity contribution in [2.75, 3.05) is 14.2 Å². The summed E-state index contributed by atoms with van der Waals surface area (Å²) in [5.41, 5.74) is 0. The average molecular weight is 400 g/mol. The Kier molecular flexibility index (Phi) is 7.19. The van der Waals surface area contributed by atoms with Gasteiger partial charge in [-0.2, -0.15) is 7.11 Å². The lowest BCUT2D eigenvalue weighted by molar-refractivity contribution is -0.325. The molecule has 29 heavy (non-hydrogen) atoms. The molecular weight excluding hydrogens is 375 g/mol. The van der Waals surface area contributed by atoms with Crippen LogP contribution in [0.5, 0.6) is 5.75 Å². The molecule has 0 spiro atoms. The normalized spacial score (nSPS) is 10.6. The van der Waals surface area contributed by atoms with E-state index in [0.29, 0.717) is 0 Å². The summed E-state index contributed by atoms with van der Waals surface area (Å²) in [7, 11) is 0.424. The molecule has 0 N–H and O–H groups in total. The van der Waals surface area contributed by atoms with Crippen LogP contribution in [0.4, 0.5) is 0 Å². The van der Waals surface area contributed by atoms with E-state index in [4.69, 9.17) is 9.84 Å². The van der Waals surface area contributed by atoms with E-state index in [1.54, 1.807) is 7.11 Å². The van der Waals surface area contributed by atoms with Crippen LogP contribution in [0.3, 0.4) is 0 Å². The largest absolute Gasteiger partial charge is 0.857 e. The van der Waals surface area contributed by atoms with Crippen molar-refractivity contribution in [2.45, 2.75) is 0 Å². The van der Waals surface area contributed by atoms with Gasteiger partial charge in [0.15, 0.2) is 11.1 Å². The second-order valence-electron chi connectivity index (χ2n) is 6.35. The van der Waals surface area contributed by atoms with Crippen LogP contribution in [0, 0.1) is 0 Å². The lowest BCUT2D eigenvalue weighted by Gasteiger charge is -2.28. The fourth-order valence-corrected chi connectivity index (χ4v) is 8.12. The van der Waals surface area contributed by atoms with Gasteiger partial charge in [0.05, 0.1) is 7.11 Å². The third kappa shape index (κ3) is 3.96. The smallest absolute Gasteiger partial charge is 0.162 e. The maximum absolute atomic E-state index is 8.25. The SMILES string of the molecule is COc1ccccc1[P+](c1ccccc1)(c1ccccc1)c1ccccc1.C[O-]. The number of hydrogen-bond acceptors (Lipinski definition) is 2. The summed E-state index contributed by atoms with van der Waals surface area (Å²) < 4.78 is 5.84. The Morgan fingerprint density at radius 1 is 0.517 bits per heavy atom. The number of methoxy groups -OCH3 is 1. The van der Waals surface area contributed by atoms with Crippen LogP contribution < -0.4 is 31.1 Å². The highest BCUT2D eigenvalue weighted by molar-refractivity contribution is 8.01. The maximum atomic E-state index is 8.25. The molecule has 4 aromatic carbocycles. The van der Waals surface area contributed by atoms with Gasteiger partial charge in [-0.05, 0) is 48.5 Å². The summed E-state index contributed by atoms with van der Waals surface area (Å²) in [6, 6.07) is 41.0. The van der Waals surface area contributed by atoms with E-state index in [0.717, 1.165) is 12.9 Å². The molecule has 0 saturated heterocycles. The fourth-order valence-electron chi connectivity index (χ4n) is 3.73. The van der Waals surface area contributed by atoms with E-state index in [-0.39, 0.29) is 0 Å². The minimum absolute atomic E-state index is 0.750. The second-order valence-corrected chi connectivity index (χ2v) is 9.72. The van der Waals surface area contributed by atoms with Crippen LogP contribution in [0.25, 0.3) is 0 Å². The molecule has 0 bridgehead atoms. The van der Waals surface area contributed by atoms with Gasteiger partial charge in [-0.25, -0.2) is 0 Å². The molecule has 0 unspecified atom stereocenters. The zero-order valence-electron chi connectivity index (χ0n) is 16.7. The van der Waals surface area contributed by atoms with Crippen LogP contribution in [0.15, 0.2) is 115 Å². The van der Waals surface area contributed by atoms with Crippen molar-refractivity contribution in [1.82, 2.24) is 0 Å². The Balaban J connectivity index is 0.00000117. The Bertz CT molecular complexity index is 906. The number of rotatable bonds is 5. The summed E-state index contributed by atoms with van der Waals surface area (Å²) in [4.78, 5) is 0. The highest BCUT2D eigenvalue weighted by atomic mass is 31.2. The molecule has 0 radical (unpaired) electrons. The first-order valence-corrected chi connectivity index (χ1v) is 11.3. The van der Waals surface area contributed by atoms with Crippen molar-refractivity contribution in [3.63, 3.8) is 0 Å². The number of ether oxygens (including phenoxy) is 1. The van der Waals surface area contributed by atoms with Gasteiger partial charge in [-0.1, -0.05) is 66.7 Å². The van der Waals surface area contributed by atoms with E-state index in [1.165, 1.54) is 21.2 Å². The molecule has 0 aliphatic rings. The van der Waals surface area contributed by atoms with Gasteiger partial charge in [0, 0.05) is 0 Å². The number of hydrogen-bond donors (Lipinski definition) is 0. The Morgan fingerprint density at radius 3 is 1.24 bits per heavy atom. The Hall–Kier alpha value is -2.93. The average Bonchev–Trinajstić information content (AvgIpc) is 2.83. The van der Waals surface area contributed by atoms with Crippen LogP contribution >= 0.6 is 7.26 Å². The summed E-state index contributed by atoms with van der Waals surface area (Å²) in [5.74, 6) is 0.933. The monoisotopic (exact) mass is 400 g/mol. The molecule has 2 nitrogen and oxygen atoms in total. The molecule has 3 heteroatoms. The Labute approximate surface area is 173 Å². The van der Waals surface area contributed by atoms with Crippen molar-refractivity contribution in [1.29, 1.82) is 0 Å². The van der Waals surface area contributed by atoms with Crippen molar-refractivity contribution >= 4 is 28.5 Å². The van der Waals surface area contributed by atoms with E-state index < -0.39 is 7.26 Å². The molecule has 4 aromatic rings. The van der Waals surface area contributed by atoms with Crippen molar-refractivity contribution in [2.24, 2.45) is 0 Å². The lowest BCUT2D eigenvalue weighted by atomic mass is 10.3. The first-order chi connectivity index (χ1) is 14.4. The van der Waals surface area contributed by atoms with Gasteiger partial charge < -0.3 is 9.84 Å². The van der Waals surface area contributed by atoms with Crippen LogP contribution in [0.2, 0.25) is 0 Å². The highest BCUT2D eigenvalue weighted by Crippen LogP contribution is 2.55. The zero-order chi connectivity index (χ0) is 20.5. The van der Waals surface area contributed by atoms with Crippen molar-refractivity contribution in [3.05, 3.63) is 115 Å². The highest BCUT2D eigenvalue weighted by Gasteiger charge is 2.49. The molecule has 0 aliphatic heterocycles. The molecular formula is C26H25O2P. The third-order valence-corrected chi connectivity index (χ3v) is 9.19. The second kappa shape index (κ2) is 10.0. The maximum Gasteiger partial charge on any atom is 0.162 e. The minimum atomic E-state index is -2.08. The van der Waals surface area contributed by atoms with Gasteiger partial charge in [-0.15, -0.1) is 0 Å². The van der Waals surface area contributed by atoms with Gasteiger partial charge in [0.25, 0.3) is 0 Å². The predicted molar refractivity (Wildman–Crippen MR) is 124 cm³/mol. The molecule has 0 atom stereocenters. The van der Waals surface area contributed by atoms with E-state index >= 15 is 0 Å². The summed E-state index contributed by atoms with van der Waals surface area (Å²) in [5, 5.41) is 13.5. The molecule has 4 rings (SSSR count). The van der Waals surface area contributed by atoms with Crippen molar-refractivity contribution in [3.8, 4) is 5.75 Å². The van der Waals surface area contributed by atoms with Gasteiger partial charge in [0.1, 0.15) is 23.2 Å². The molecule has 0 fully saturated rings. The minimum Gasteiger partial charge on any atom is -0.857 e. The number of benzene rings is 4. The van der Waals surface area contributed by atoms with Gasteiger partial charge >= 0.3 is 0 Å². The summed E-state index contributed by atoms with van der Waals surface area (Å²) in [6.45, 7) is 0. The first kappa shape index (κ1) is 20.8. The zero-order valence-corrected chi connectivity index (χ0v) is 17.6.